The van der Waals surface area contributed by atoms with Crippen LogP contribution in [0.5, 0.6) is 0 Å². The average Bonchev–Trinajstić information content (AvgIpc) is 2.55. The van der Waals surface area contributed by atoms with Crippen LogP contribution in [0.15, 0.2) is 24.3 Å². The molecule has 1 atom stereocenters. The number of nitrogens with zero attached hydrogens (tertiary/aromatic N) is 1. The lowest BCUT2D eigenvalue weighted by Crippen LogP contribution is -2.46. The minimum Gasteiger partial charge on any atom is -0.323 e. The third kappa shape index (κ3) is 5.96. The summed E-state index contributed by atoms with van der Waals surface area (Å²) in [4.78, 5) is 14.7. The first kappa shape index (κ1) is 20.2. The zero-order chi connectivity index (χ0) is 15.9. The molecule has 0 spiro atoms. The predicted molar refractivity (Wildman–Crippen MR) is 99.6 cm³/mol. The molecule has 2 rings (SSSR count). The smallest absolute Gasteiger partial charge is 0.241 e. The Kier molecular flexibility index (Phi) is 8.92. The molecule has 1 saturated heterocycles. The van der Waals surface area contributed by atoms with Crippen LogP contribution in [-0.4, -0.2) is 43.5 Å². The summed E-state index contributed by atoms with van der Waals surface area (Å²) in [5.41, 5.74) is 0.685. The summed E-state index contributed by atoms with van der Waals surface area (Å²) in [7, 11) is 2.00. The van der Waals surface area contributed by atoms with Crippen molar-refractivity contribution in [1.29, 1.82) is 0 Å². The summed E-state index contributed by atoms with van der Waals surface area (Å²) in [6.07, 6.45) is 3.57. The Labute approximate surface area is 150 Å². The van der Waals surface area contributed by atoms with Crippen LogP contribution in [0, 0.1) is 5.92 Å². The zero-order valence-electron chi connectivity index (χ0n) is 13.8. The van der Waals surface area contributed by atoms with Crippen LogP contribution in [0.4, 0.5) is 5.69 Å². The molecule has 1 aliphatic heterocycles. The van der Waals surface area contributed by atoms with Gasteiger partial charge in [0.25, 0.3) is 0 Å². The van der Waals surface area contributed by atoms with E-state index in [0.29, 0.717) is 10.7 Å². The van der Waals surface area contributed by atoms with Crippen LogP contribution in [0.2, 0.25) is 5.02 Å². The maximum absolute atomic E-state index is 12.4. The van der Waals surface area contributed by atoms with Crippen molar-refractivity contribution in [3.8, 4) is 0 Å². The van der Waals surface area contributed by atoms with Crippen molar-refractivity contribution in [3.63, 3.8) is 0 Å². The fourth-order valence-electron chi connectivity index (χ4n) is 2.94. The topological polar surface area (TPSA) is 44.4 Å². The number of hydrogen-bond acceptors (Lipinski definition) is 3. The van der Waals surface area contributed by atoms with E-state index in [1.54, 1.807) is 6.07 Å². The van der Waals surface area contributed by atoms with E-state index in [2.05, 4.69) is 15.5 Å². The summed E-state index contributed by atoms with van der Waals surface area (Å²) in [6.45, 7) is 5.03. The van der Waals surface area contributed by atoms with Gasteiger partial charge in [-0.05, 0) is 70.9 Å². The third-order valence-corrected chi connectivity index (χ3v) is 4.84. The highest BCUT2D eigenvalue weighted by Gasteiger charge is 2.26. The number of halogens is 2. The summed E-state index contributed by atoms with van der Waals surface area (Å²) >= 11 is 6.09. The average molecular weight is 360 g/mol. The molecule has 1 aliphatic rings. The number of nitrogens with one attached hydrogen (secondary N) is 2. The highest BCUT2D eigenvalue weighted by Crippen LogP contribution is 2.23. The molecule has 0 aliphatic carbocycles. The maximum Gasteiger partial charge on any atom is 0.241 e. The number of hydrogen-bond donors (Lipinski definition) is 2. The Morgan fingerprint density at radius 3 is 2.61 bits per heavy atom. The minimum absolute atomic E-state index is 0. The lowest BCUT2D eigenvalue weighted by atomic mass is 9.93. The number of anilines is 1. The van der Waals surface area contributed by atoms with Gasteiger partial charge in [-0.25, -0.2) is 0 Å². The van der Waals surface area contributed by atoms with Crippen LogP contribution in [-0.2, 0) is 4.79 Å². The van der Waals surface area contributed by atoms with Gasteiger partial charge in [-0.3, -0.25) is 9.69 Å². The largest absolute Gasteiger partial charge is 0.323 e. The van der Waals surface area contributed by atoms with Gasteiger partial charge in [0.2, 0.25) is 5.91 Å². The second-order valence-electron chi connectivity index (χ2n) is 6.02. The Hall–Kier alpha value is -0.810. The predicted octanol–water partition coefficient (Wildman–Crippen LogP) is 3.41. The Morgan fingerprint density at radius 2 is 2.00 bits per heavy atom. The number of likely N-dealkylation sites (tertiary alicyclic amines) is 1. The van der Waals surface area contributed by atoms with Crippen molar-refractivity contribution in [2.24, 2.45) is 5.92 Å². The maximum atomic E-state index is 12.4. The first-order valence-electron chi connectivity index (χ1n) is 8.06. The number of piperidine rings is 1. The van der Waals surface area contributed by atoms with Crippen LogP contribution in [0.25, 0.3) is 0 Å². The van der Waals surface area contributed by atoms with E-state index in [0.717, 1.165) is 25.6 Å². The van der Waals surface area contributed by atoms with Gasteiger partial charge in [0, 0.05) is 0 Å². The molecule has 130 valence electrons. The molecule has 1 unspecified atom stereocenters. The van der Waals surface area contributed by atoms with Gasteiger partial charge >= 0.3 is 0 Å². The Bertz CT molecular complexity index is 490. The van der Waals surface area contributed by atoms with Crippen molar-refractivity contribution in [1.82, 2.24) is 10.2 Å². The lowest BCUT2D eigenvalue weighted by Gasteiger charge is -2.35. The van der Waals surface area contributed by atoms with Gasteiger partial charge in [0.15, 0.2) is 0 Å². The third-order valence-electron chi connectivity index (χ3n) is 4.51. The van der Waals surface area contributed by atoms with E-state index in [1.165, 1.54) is 19.3 Å². The number of carbonyl (C=O) groups is 1. The summed E-state index contributed by atoms with van der Waals surface area (Å²) in [5.74, 6) is 0.796. The van der Waals surface area contributed by atoms with Crippen molar-refractivity contribution < 1.29 is 4.79 Å². The van der Waals surface area contributed by atoms with Crippen LogP contribution in [0.1, 0.15) is 26.2 Å². The van der Waals surface area contributed by atoms with Gasteiger partial charge in [-0.15, -0.1) is 12.4 Å². The number of amides is 1. The first-order chi connectivity index (χ1) is 10.6. The monoisotopic (exact) mass is 359 g/mol. The van der Waals surface area contributed by atoms with Crippen LogP contribution < -0.4 is 10.6 Å². The standard InChI is InChI=1S/C17H26ClN3O.ClH/c1-13(17(22)20-16-6-4-3-5-15(16)18)21-11-8-14(9-12-21)7-10-19-2;/h3-6,13-14,19H,7-12H2,1-2H3,(H,20,22);1H. The van der Waals surface area contributed by atoms with Crippen molar-refractivity contribution in [3.05, 3.63) is 29.3 Å². The SMILES string of the molecule is CNCCC1CCN(C(C)C(=O)Nc2ccccc2Cl)CC1.Cl. The summed E-state index contributed by atoms with van der Waals surface area (Å²) in [6, 6.07) is 7.23. The fraction of sp³-hybridized carbons (Fsp3) is 0.588. The molecule has 4 nitrogen and oxygen atoms in total. The van der Waals surface area contributed by atoms with Gasteiger partial charge in [0.1, 0.15) is 0 Å². The molecule has 6 heteroatoms. The number of rotatable bonds is 6. The number of para-hydroxylation sites is 1. The van der Waals surface area contributed by atoms with Gasteiger partial charge in [-0.2, -0.15) is 0 Å². The molecule has 0 saturated carbocycles. The molecular weight excluding hydrogens is 333 g/mol. The highest BCUT2D eigenvalue weighted by molar-refractivity contribution is 6.33. The van der Waals surface area contributed by atoms with Crippen LogP contribution in [0.3, 0.4) is 0 Å². The molecule has 1 fully saturated rings. The molecule has 2 N–H and O–H groups in total. The van der Waals surface area contributed by atoms with E-state index in [4.69, 9.17) is 11.6 Å². The van der Waals surface area contributed by atoms with Crippen molar-refractivity contribution >= 4 is 35.6 Å². The quantitative estimate of drug-likeness (QED) is 0.817. The number of benzene rings is 1. The number of carbonyl (C=O) groups excluding carboxylic acids is 1. The molecule has 0 aromatic heterocycles. The van der Waals surface area contributed by atoms with Gasteiger partial charge < -0.3 is 10.6 Å². The zero-order valence-corrected chi connectivity index (χ0v) is 15.4. The summed E-state index contributed by atoms with van der Waals surface area (Å²) in [5, 5.41) is 6.72. The van der Waals surface area contributed by atoms with E-state index < -0.39 is 0 Å². The molecular formula is C17H27Cl2N3O. The van der Waals surface area contributed by atoms with E-state index in [9.17, 15) is 4.79 Å². The molecule has 0 radical (unpaired) electrons. The highest BCUT2D eigenvalue weighted by atomic mass is 35.5. The second-order valence-corrected chi connectivity index (χ2v) is 6.42. The van der Waals surface area contributed by atoms with Gasteiger partial charge in [0.05, 0.1) is 16.8 Å². The molecule has 1 aromatic carbocycles. The molecule has 23 heavy (non-hydrogen) atoms. The minimum atomic E-state index is -0.124. The van der Waals surface area contributed by atoms with Crippen molar-refractivity contribution in [2.75, 3.05) is 32.0 Å². The lowest BCUT2D eigenvalue weighted by molar-refractivity contribution is -0.121. The Balaban J connectivity index is 0.00000264. The van der Waals surface area contributed by atoms with Crippen LogP contribution >= 0.6 is 24.0 Å². The summed E-state index contributed by atoms with van der Waals surface area (Å²) < 4.78 is 0. The second kappa shape index (κ2) is 10.1. The van der Waals surface area contributed by atoms with E-state index in [1.807, 2.05) is 32.2 Å². The fourth-order valence-corrected chi connectivity index (χ4v) is 3.13. The van der Waals surface area contributed by atoms with Crippen molar-refractivity contribution in [2.45, 2.75) is 32.2 Å². The molecule has 1 amide bonds. The molecule has 1 aromatic rings. The normalized spacial score (nSPS) is 17.3. The van der Waals surface area contributed by atoms with E-state index >= 15 is 0 Å². The Morgan fingerprint density at radius 1 is 1.35 bits per heavy atom. The molecule has 1 heterocycles. The van der Waals surface area contributed by atoms with Gasteiger partial charge in [-0.1, -0.05) is 23.7 Å². The van der Waals surface area contributed by atoms with E-state index in [-0.39, 0.29) is 24.4 Å². The molecule has 0 bridgehead atoms. The first-order valence-corrected chi connectivity index (χ1v) is 8.43.